The fourth-order valence-corrected chi connectivity index (χ4v) is 2.35. The third-order valence-electron chi connectivity index (χ3n) is 2.28. The van der Waals surface area contributed by atoms with Gasteiger partial charge < -0.3 is 9.84 Å². The third-order valence-corrected chi connectivity index (χ3v) is 3.39. The minimum atomic E-state index is 0.284. The molecule has 1 atom stereocenters. The van der Waals surface area contributed by atoms with E-state index in [0.717, 1.165) is 17.3 Å². The summed E-state index contributed by atoms with van der Waals surface area (Å²) >= 11 is 7.43. The first kappa shape index (κ1) is 11.6. The van der Waals surface area contributed by atoms with E-state index in [1.165, 1.54) is 11.9 Å². The Morgan fingerprint density at radius 2 is 2.50 bits per heavy atom. The summed E-state index contributed by atoms with van der Waals surface area (Å²) in [5.74, 6) is 0.656. The summed E-state index contributed by atoms with van der Waals surface area (Å²) in [7, 11) is 0. The molecular weight excluding hydrogens is 246 g/mol. The van der Waals surface area contributed by atoms with Gasteiger partial charge in [0.2, 0.25) is 5.89 Å². The molecular formula is C10H12ClN3OS. The first-order valence-electron chi connectivity index (χ1n) is 4.98. The highest BCUT2D eigenvalue weighted by Crippen LogP contribution is 2.24. The molecule has 2 heterocycles. The molecule has 0 aliphatic rings. The van der Waals surface area contributed by atoms with Crippen LogP contribution in [-0.4, -0.2) is 16.7 Å². The van der Waals surface area contributed by atoms with Crippen molar-refractivity contribution in [1.82, 2.24) is 15.5 Å². The molecule has 0 amide bonds. The normalized spacial score (nSPS) is 12.9. The fraction of sp³-hybridized carbons (Fsp3) is 0.400. The van der Waals surface area contributed by atoms with Gasteiger partial charge in [0.25, 0.3) is 0 Å². The van der Waals surface area contributed by atoms with Crippen molar-refractivity contribution in [3.05, 3.63) is 33.6 Å². The Morgan fingerprint density at radius 3 is 3.12 bits per heavy atom. The quantitative estimate of drug-likeness (QED) is 0.895. The van der Waals surface area contributed by atoms with Crippen LogP contribution in [0.15, 0.2) is 22.3 Å². The van der Waals surface area contributed by atoms with Crippen LogP contribution >= 0.6 is 22.9 Å². The van der Waals surface area contributed by atoms with Crippen LogP contribution in [0.25, 0.3) is 0 Å². The van der Waals surface area contributed by atoms with Gasteiger partial charge in [-0.05, 0) is 23.9 Å². The van der Waals surface area contributed by atoms with E-state index in [9.17, 15) is 0 Å². The van der Waals surface area contributed by atoms with Gasteiger partial charge in [-0.1, -0.05) is 16.8 Å². The first-order chi connectivity index (χ1) is 7.75. The van der Waals surface area contributed by atoms with Crippen LogP contribution in [0, 0.1) is 0 Å². The van der Waals surface area contributed by atoms with Gasteiger partial charge in [-0.3, -0.25) is 0 Å². The van der Waals surface area contributed by atoms with Crippen LogP contribution in [0.2, 0.25) is 4.34 Å². The molecule has 4 nitrogen and oxygen atoms in total. The van der Waals surface area contributed by atoms with Crippen molar-refractivity contribution in [2.45, 2.75) is 19.4 Å². The molecule has 2 aromatic heterocycles. The lowest BCUT2D eigenvalue weighted by atomic mass is 10.2. The molecule has 6 heteroatoms. The summed E-state index contributed by atoms with van der Waals surface area (Å²) in [6.07, 6.45) is 2.15. The van der Waals surface area contributed by atoms with Crippen LogP contribution < -0.4 is 5.32 Å². The molecule has 1 N–H and O–H groups in total. The molecule has 0 saturated carbocycles. The van der Waals surface area contributed by atoms with Gasteiger partial charge in [-0.25, -0.2) is 0 Å². The minimum absolute atomic E-state index is 0.284. The highest BCUT2D eigenvalue weighted by molar-refractivity contribution is 7.14. The van der Waals surface area contributed by atoms with Crippen LogP contribution in [-0.2, 0) is 6.42 Å². The summed E-state index contributed by atoms with van der Waals surface area (Å²) in [4.78, 5) is 3.95. The van der Waals surface area contributed by atoms with Crippen molar-refractivity contribution in [3.63, 3.8) is 0 Å². The van der Waals surface area contributed by atoms with Crippen LogP contribution in [0.3, 0.4) is 0 Å². The minimum Gasteiger partial charge on any atom is -0.340 e. The number of rotatable bonds is 5. The third kappa shape index (κ3) is 3.04. The SMILES string of the molecule is CC(NCCc1ncno1)c1csc(Cl)c1. The van der Waals surface area contributed by atoms with Crippen molar-refractivity contribution < 1.29 is 4.52 Å². The second kappa shape index (κ2) is 5.43. The molecule has 0 aromatic carbocycles. The Hall–Kier alpha value is -0.910. The first-order valence-corrected chi connectivity index (χ1v) is 6.24. The Balaban J connectivity index is 1.78. The maximum atomic E-state index is 5.88. The average Bonchev–Trinajstić information content (AvgIpc) is 2.89. The van der Waals surface area contributed by atoms with Crippen molar-refractivity contribution >= 4 is 22.9 Å². The van der Waals surface area contributed by atoms with Gasteiger partial charge in [0.15, 0.2) is 6.33 Å². The second-order valence-corrected chi connectivity index (χ2v) is 4.99. The van der Waals surface area contributed by atoms with Gasteiger partial charge in [-0.2, -0.15) is 4.98 Å². The molecule has 0 spiro atoms. The Morgan fingerprint density at radius 1 is 1.62 bits per heavy atom. The van der Waals surface area contributed by atoms with E-state index in [1.54, 1.807) is 11.3 Å². The average molecular weight is 258 g/mol. The number of hydrogen-bond acceptors (Lipinski definition) is 5. The number of nitrogens with one attached hydrogen (secondary N) is 1. The lowest BCUT2D eigenvalue weighted by molar-refractivity contribution is 0.372. The summed E-state index contributed by atoms with van der Waals surface area (Å²) in [5, 5.41) is 8.98. The zero-order chi connectivity index (χ0) is 11.4. The maximum absolute atomic E-state index is 5.88. The summed E-state index contributed by atoms with van der Waals surface area (Å²) < 4.78 is 5.72. The van der Waals surface area contributed by atoms with E-state index in [-0.39, 0.29) is 6.04 Å². The number of hydrogen-bond donors (Lipinski definition) is 1. The van der Waals surface area contributed by atoms with Crippen molar-refractivity contribution in [1.29, 1.82) is 0 Å². The predicted octanol–water partition coefficient (Wildman–Crippen LogP) is 2.68. The Labute approximate surface area is 103 Å². The Bertz CT molecular complexity index is 429. The highest BCUT2D eigenvalue weighted by Gasteiger charge is 2.07. The van der Waals surface area contributed by atoms with Crippen LogP contribution in [0.4, 0.5) is 0 Å². The van der Waals surface area contributed by atoms with E-state index < -0.39 is 0 Å². The van der Waals surface area contributed by atoms with Gasteiger partial charge in [0.05, 0.1) is 4.34 Å². The monoisotopic (exact) mass is 257 g/mol. The van der Waals surface area contributed by atoms with Gasteiger partial charge in [0.1, 0.15) is 0 Å². The van der Waals surface area contributed by atoms with Gasteiger partial charge in [-0.15, -0.1) is 11.3 Å². The van der Waals surface area contributed by atoms with Gasteiger partial charge in [0, 0.05) is 19.0 Å². The lowest BCUT2D eigenvalue weighted by Crippen LogP contribution is -2.21. The molecule has 86 valence electrons. The summed E-state index contributed by atoms with van der Waals surface area (Å²) in [5.41, 5.74) is 1.21. The highest BCUT2D eigenvalue weighted by atomic mass is 35.5. The van der Waals surface area contributed by atoms with Crippen molar-refractivity contribution in [2.24, 2.45) is 0 Å². The molecule has 2 rings (SSSR count). The molecule has 0 bridgehead atoms. The lowest BCUT2D eigenvalue weighted by Gasteiger charge is -2.10. The molecule has 0 aliphatic carbocycles. The molecule has 0 fully saturated rings. The van der Waals surface area contributed by atoms with E-state index in [4.69, 9.17) is 16.1 Å². The number of halogens is 1. The maximum Gasteiger partial charge on any atom is 0.227 e. The topological polar surface area (TPSA) is 51.0 Å². The largest absolute Gasteiger partial charge is 0.340 e. The van der Waals surface area contributed by atoms with Crippen molar-refractivity contribution in [3.8, 4) is 0 Å². The second-order valence-electron chi connectivity index (χ2n) is 3.44. The summed E-state index contributed by atoms with van der Waals surface area (Å²) in [6.45, 7) is 2.91. The predicted molar refractivity (Wildman–Crippen MR) is 63.7 cm³/mol. The van der Waals surface area contributed by atoms with E-state index >= 15 is 0 Å². The molecule has 0 aliphatic heterocycles. The molecule has 2 aromatic rings. The Kier molecular flexibility index (Phi) is 3.93. The smallest absolute Gasteiger partial charge is 0.227 e. The van der Waals surface area contributed by atoms with Gasteiger partial charge >= 0.3 is 0 Å². The standard InChI is InChI=1S/C10H12ClN3OS/c1-7(8-4-9(11)16-5-8)12-3-2-10-13-6-14-15-10/h4-7,12H,2-3H2,1H3. The van der Waals surface area contributed by atoms with Crippen LogP contribution in [0.1, 0.15) is 24.4 Å². The fourth-order valence-electron chi connectivity index (χ4n) is 1.37. The van der Waals surface area contributed by atoms with E-state index in [0.29, 0.717) is 5.89 Å². The molecule has 16 heavy (non-hydrogen) atoms. The molecule has 1 unspecified atom stereocenters. The number of nitrogens with zero attached hydrogens (tertiary/aromatic N) is 2. The van der Waals surface area contributed by atoms with E-state index in [1.807, 2.05) is 6.07 Å². The van der Waals surface area contributed by atoms with Crippen molar-refractivity contribution in [2.75, 3.05) is 6.54 Å². The zero-order valence-electron chi connectivity index (χ0n) is 8.81. The number of aromatic nitrogens is 2. The molecule has 0 saturated heterocycles. The zero-order valence-corrected chi connectivity index (χ0v) is 10.4. The number of thiophene rings is 1. The van der Waals surface area contributed by atoms with Crippen LogP contribution in [0.5, 0.6) is 0 Å². The summed E-state index contributed by atoms with van der Waals surface area (Å²) in [6, 6.07) is 2.27. The van der Waals surface area contributed by atoms with E-state index in [2.05, 4.69) is 27.8 Å². The molecule has 0 radical (unpaired) electrons.